The number of ether oxygens (including phenoxy) is 2. The molecule has 1 heterocycles. The van der Waals surface area contributed by atoms with E-state index in [1.54, 1.807) is 7.11 Å². The average Bonchev–Trinajstić information content (AvgIpc) is 3.46. The van der Waals surface area contributed by atoms with Crippen molar-refractivity contribution in [2.75, 3.05) is 12.4 Å². The lowest BCUT2D eigenvalue weighted by atomic mass is 9.77. The Hall–Kier alpha value is -3.35. The van der Waals surface area contributed by atoms with Gasteiger partial charge in [0.2, 0.25) is 0 Å². The summed E-state index contributed by atoms with van der Waals surface area (Å²) in [6.45, 7) is 0.446. The summed E-state index contributed by atoms with van der Waals surface area (Å²) < 4.78 is 13.6. The number of methoxy groups -OCH3 is 1. The van der Waals surface area contributed by atoms with Crippen LogP contribution in [-0.4, -0.2) is 13.3 Å². The molecule has 2 aliphatic rings. The highest BCUT2D eigenvalue weighted by Crippen LogP contribution is 2.49. The number of anilines is 1. The van der Waals surface area contributed by atoms with Crippen LogP contribution in [0.3, 0.4) is 0 Å². The Labute approximate surface area is 246 Å². The first-order chi connectivity index (χ1) is 19.1. The van der Waals surface area contributed by atoms with Gasteiger partial charge in [-0.05, 0) is 93.0 Å². The smallest absolute Gasteiger partial charge is 0.175 e. The predicted octanol–water partition coefficient (Wildman–Crippen LogP) is 9.38. The maximum Gasteiger partial charge on any atom is 0.175 e. The number of halogens is 2. The van der Waals surface area contributed by atoms with E-state index in [1.807, 2.05) is 42.6 Å². The van der Waals surface area contributed by atoms with Gasteiger partial charge in [0.05, 0.1) is 23.3 Å². The van der Waals surface area contributed by atoms with Crippen molar-refractivity contribution in [2.24, 2.45) is 10.9 Å². The molecule has 0 radical (unpaired) electrons. The number of rotatable bonds is 7. The number of nitrogens with one attached hydrogen (secondary N) is 1. The molecular weight excluding hydrogens is 616 g/mol. The maximum absolute atomic E-state index is 6.08. The van der Waals surface area contributed by atoms with Gasteiger partial charge in [-0.25, -0.2) is 0 Å². The van der Waals surface area contributed by atoms with E-state index in [0.717, 1.165) is 32.2 Å². The normalized spacial score (nSPS) is 19.4. The standard InChI is InChI=1S/C33H28Br2N2O2/c1-38-31-18-22(17-29(35)33(31)39-20-21-9-13-24(34)14-10-21)19-36-25-15-11-23(12-16-25)32-28-7-4-6-26(28)27-5-2-3-8-30(27)37-32/h2-6,8-19,26,28,32,37H,7,20H2,1H3/t26-,28+,32+/m1/s1. The topological polar surface area (TPSA) is 42.8 Å². The molecule has 0 saturated heterocycles. The van der Waals surface area contributed by atoms with Crippen molar-refractivity contribution in [1.82, 2.24) is 0 Å². The number of hydrogen-bond donors (Lipinski definition) is 1. The van der Waals surface area contributed by atoms with Crippen molar-refractivity contribution < 1.29 is 9.47 Å². The first-order valence-corrected chi connectivity index (χ1v) is 14.6. The predicted molar refractivity (Wildman–Crippen MR) is 166 cm³/mol. The summed E-state index contributed by atoms with van der Waals surface area (Å²) in [4.78, 5) is 4.73. The lowest BCUT2D eigenvalue weighted by Crippen LogP contribution is -2.28. The quantitative estimate of drug-likeness (QED) is 0.161. The van der Waals surface area contributed by atoms with E-state index in [1.165, 1.54) is 16.8 Å². The van der Waals surface area contributed by atoms with Crippen LogP contribution in [0.2, 0.25) is 0 Å². The van der Waals surface area contributed by atoms with E-state index in [-0.39, 0.29) is 6.04 Å². The van der Waals surface area contributed by atoms with Crippen LogP contribution in [0, 0.1) is 5.92 Å². The minimum Gasteiger partial charge on any atom is -0.493 e. The Morgan fingerprint density at radius 1 is 0.974 bits per heavy atom. The van der Waals surface area contributed by atoms with Crippen molar-refractivity contribution in [3.05, 3.63) is 128 Å². The van der Waals surface area contributed by atoms with Crippen molar-refractivity contribution in [1.29, 1.82) is 0 Å². The second-order valence-corrected chi connectivity index (χ2v) is 11.6. The highest BCUT2D eigenvalue weighted by atomic mass is 79.9. The van der Waals surface area contributed by atoms with E-state index in [9.17, 15) is 0 Å². The Morgan fingerprint density at radius 3 is 2.56 bits per heavy atom. The molecule has 0 spiro atoms. The molecule has 1 aliphatic heterocycles. The average molecular weight is 644 g/mol. The maximum atomic E-state index is 6.08. The van der Waals surface area contributed by atoms with Gasteiger partial charge >= 0.3 is 0 Å². The number of fused-ring (bicyclic) bond motifs is 3. The fraction of sp³-hybridized carbons (Fsp3) is 0.182. The number of para-hydroxylation sites is 1. The van der Waals surface area contributed by atoms with Crippen LogP contribution in [0.25, 0.3) is 0 Å². The summed E-state index contributed by atoms with van der Waals surface area (Å²) in [7, 11) is 1.65. The molecule has 6 rings (SSSR count). The first kappa shape index (κ1) is 25.9. The molecule has 0 fully saturated rings. The van der Waals surface area contributed by atoms with Crippen LogP contribution < -0.4 is 14.8 Å². The van der Waals surface area contributed by atoms with E-state index in [4.69, 9.17) is 14.5 Å². The van der Waals surface area contributed by atoms with Gasteiger partial charge in [-0.1, -0.05) is 70.5 Å². The fourth-order valence-corrected chi connectivity index (χ4v) is 6.32. The molecule has 0 saturated carbocycles. The lowest BCUT2D eigenvalue weighted by molar-refractivity contribution is 0.282. The molecule has 0 amide bonds. The Morgan fingerprint density at radius 2 is 1.77 bits per heavy atom. The molecule has 0 bridgehead atoms. The summed E-state index contributed by atoms with van der Waals surface area (Å²) in [6, 6.07) is 29.5. The third-order valence-corrected chi connectivity index (χ3v) is 8.55. The fourth-order valence-electron chi connectivity index (χ4n) is 5.48. The molecule has 4 aromatic rings. The van der Waals surface area contributed by atoms with E-state index in [2.05, 4.69) is 97.9 Å². The Kier molecular flexibility index (Phi) is 7.58. The molecule has 6 heteroatoms. The second kappa shape index (κ2) is 11.4. The molecule has 1 N–H and O–H groups in total. The summed E-state index contributed by atoms with van der Waals surface area (Å²) in [6.07, 6.45) is 7.65. The summed E-state index contributed by atoms with van der Waals surface area (Å²) >= 11 is 7.12. The number of hydrogen-bond acceptors (Lipinski definition) is 4. The van der Waals surface area contributed by atoms with Crippen LogP contribution in [-0.2, 0) is 6.61 Å². The first-order valence-electron chi connectivity index (χ1n) is 13.0. The molecule has 196 valence electrons. The van der Waals surface area contributed by atoms with Crippen molar-refractivity contribution in [2.45, 2.75) is 25.0 Å². The van der Waals surface area contributed by atoms with Gasteiger partial charge in [0.15, 0.2) is 11.5 Å². The summed E-state index contributed by atoms with van der Waals surface area (Å²) in [5.74, 6) is 2.33. The van der Waals surface area contributed by atoms with Crippen LogP contribution in [0.1, 0.15) is 40.6 Å². The zero-order chi connectivity index (χ0) is 26.8. The van der Waals surface area contributed by atoms with Crippen molar-refractivity contribution >= 4 is 49.4 Å². The van der Waals surface area contributed by atoms with Crippen molar-refractivity contribution in [3.63, 3.8) is 0 Å². The third-order valence-electron chi connectivity index (χ3n) is 7.44. The van der Waals surface area contributed by atoms with Gasteiger partial charge in [0, 0.05) is 22.3 Å². The van der Waals surface area contributed by atoms with Gasteiger partial charge in [-0.15, -0.1) is 0 Å². The number of benzene rings is 4. The highest BCUT2D eigenvalue weighted by molar-refractivity contribution is 9.10. The van der Waals surface area contributed by atoms with E-state index < -0.39 is 0 Å². The van der Waals surface area contributed by atoms with Gasteiger partial charge < -0.3 is 14.8 Å². The molecule has 0 aromatic heterocycles. The molecule has 0 unspecified atom stereocenters. The lowest BCUT2D eigenvalue weighted by Gasteiger charge is -2.37. The molecule has 1 aliphatic carbocycles. The van der Waals surface area contributed by atoms with E-state index >= 15 is 0 Å². The zero-order valence-electron chi connectivity index (χ0n) is 21.5. The SMILES string of the molecule is COc1cc(C=Nc2ccc([C@@H]3Nc4ccccc4[C@H]4C=CC[C@@H]43)cc2)cc(Br)c1OCc1ccc(Br)cc1. The zero-order valence-corrected chi connectivity index (χ0v) is 24.7. The largest absolute Gasteiger partial charge is 0.493 e. The number of nitrogens with zero attached hydrogens (tertiary/aromatic N) is 1. The van der Waals surface area contributed by atoms with Crippen LogP contribution in [0.4, 0.5) is 11.4 Å². The van der Waals surface area contributed by atoms with Crippen LogP contribution in [0.15, 0.2) is 111 Å². The van der Waals surface area contributed by atoms with E-state index in [0.29, 0.717) is 29.9 Å². The highest BCUT2D eigenvalue weighted by Gasteiger charge is 2.37. The van der Waals surface area contributed by atoms with Crippen LogP contribution >= 0.6 is 31.9 Å². The summed E-state index contributed by atoms with van der Waals surface area (Å²) in [5, 5.41) is 3.80. The molecule has 3 atom stereocenters. The third kappa shape index (κ3) is 5.54. The van der Waals surface area contributed by atoms with Crippen molar-refractivity contribution in [3.8, 4) is 11.5 Å². The summed E-state index contributed by atoms with van der Waals surface area (Å²) in [5.41, 5.74) is 6.83. The number of aliphatic imine (C=N–C) groups is 1. The second-order valence-electron chi connectivity index (χ2n) is 9.86. The Bertz CT molecular complexity index is 1530. The Balaban J connectivity index is 1.16. The monoisotopic (exact) mass is 642 g/mol. The van der Waals surface area contributed by atoms with Crippen LogP contribution in [0.5, 0.6) is 11.5 Å². The van der Waals surface area contributed by atoms with Gasteiger partial charge in [-0.2, -0.15) is 0 Å². The number of allylic oxidation sites excluding steroid dienone is 2. The molecule has 4 nitrogen and oxygen atoms in total. The van der Waals surface area contributed by atoms with Gasteiger partial charge in [-0.3, -0.25) is 4.99 Å². The molecular formula is C33H28Br2N2O2. The molecule has 4 aromatic carbocycles. The molecule has 39 heavy (non-hydrogen) atoms. The minimum atomic E-state index is 0.281. The van der Waals surface area contributed by atoms with Gasteiger partial charge in [0.25, 0.3) is 0 Å². The minimum absolute atomic E-state index is 0.281. The van der Waals surface area contributed by atoms with Gasteiger partial charge in [0.1, 0.15) is 6.61 Å².